The van der Waals surface area contributed by atoms with E-state index in [0.29, 0.717) is 33.9 Å². The van der Waals surface area contributed by atoms with Crippen molar-refractivity contribution in [1.82, 2.24) is 39.5 Å². The van der Waals surface area contributed by atoms with Crippen LogP contribution in [0.2, 0.25) is 0 Å². The zero-order valence-corrected chi connectivity index (χ0v) is 22.3. The highest BCUT2D eigenvalue weighted by Crippen LogP contribution is 2.45. The minimum Gasteiger partial charge on any atom is -0.480 e. The molecule has 1 aliphatic carbocycles. The lowest BCUT2D eigenvalue weighted by atomic mass is 10.1. The number of nitrogens with one attached hydrogen (secondary N) is 1. The number of alkyl halides is 3. The van der Waals surface area contributed by atoms with E-state index in [-0.39, 0.29) is 36.5 Å². The van der Waals surface area contributed by atoms with Gasteiger partial charge >= 0.3 is 6.18 Å². The molecular formula is C27H24F4N8O2. The Bertz CT molecular complexity index is 1760. The third-order valence-electron chi connectivity index (χ3n) is 6.69. The largest absolute Gasteiger partial charge is 0.480 e. The number of hydrogen-bond donors (Lipinski definition) is 1. The summed E-state index contributed by atoms with van der Waals surface area (Å²) in [7, 11) is 1.51. The zero-order chi connectivity index (χ0) is 28.9. The minimum atomic E-state index is -4.66. The molecule has 5 heterocycles. The van der Waals surface area contributed by atoms with Crippen LogP contribution in [0.3, 0.4) is 0 Å². The van der Waals surface area contributed by atoms with Gasteiger partial charge in [0.05, 0.1) is 18.3 Å². The van der Waals surface area contributed by atoms with Crippen LogP contribution in [0.4, 0.5) is 17.6 Å². The first-order valence-corrected chi connectivity index (χ1v) is 12.8. The topological polar surface area (TPSA) is 117 Å². The SMILES string of the molecule is CCn1cc(C(F)(F)F)nc1-c1ncc(COc2nc(-c3c(OC)ncnc3C3CC3)nc3cc(C)[nH]c23)cc1F. The Hall–Kier alpha value is -4.62. The van der Waals surface area contributed by atoms with E-state index in [1.165, 1.54) is 24.2 Å². The number of aromatic nitrogens is 8. The minimum absolute atomic E-state index is 0.123. The molecule has 0 unspecified atom stereocenters. The van der Waals surface area contributed by atoms with Gasteiger partial charge in [-0.1, -0.05) is 0 Å². The van der Waals surface area contributed by atoms with E-state index in [1.54, 1.807) is 6.92 Å². The van der Waals surface area contributed by atoms with Gasteiger partial charge in [0.25, 0.3) is 0 Å². The first kappa shape index (κ1) is 26.6. The smallest absolute Gasteiger partial charge is 0.434 e. The highest BCUT2D eigenvalue weighted by Gasteiger charge is 2.35. The number of imidazole rings is 1. The summed E-state index contributed by atoms with van der Waals surface area (Å²) in [4.78, 5) is 28.9. The number of nitrogens with zero attached hydrogens (tertiary/aromatic N) is 7. The first-order chi connectivity index (χ1) is 19.7. The molecule has 0 spiro atoms. The van der Waals surface area contributed by atoms with Gasteiger partial charge in [0, 0.05) is 36.1 Å². The molecule has 0 bridgehead atoms. The summed E-state index contributed by atoms with van der Waals surface area (Å²) in [6.45, 7) is 3.54. The molecule has 14 heteroatoms. The van der Waals surface area contributed by atoms with Crippen LogP contribution in [-0.4, -0.2) is 46.6 Å². The average Bonchev–Trinajstić information content (AvgIpc) is 3.58. The Balaban J connectivity index is 1.33. The van der Waals surface area contributed by atoms with Crippen LogP contribution in [0.1, 0.15) is 48.3 Å². The summed E-state index contributed by atoms with van der Waals surface area (Å²) in [6, 6.07) is 3.00. The predicted molar refractivity (Wildman–Crippen MR) is 139 cm³/mol. The molecule has 5 aromatic rings. The number of halogens is 4. The molecule has 0 saturated heterocycles. The molecule has 41 heavy (non-hydrogen) atoms. The molecule has 1 aliphatic rings. The molecule has 212 valence electrons. The molecule has 1 N–H and O–H groups in total. The maximum Gasteiger partial charge on any atom is 0.434 e. The van der Waals surface area contributed by atoms with Crippen LogP contribution in [0.25, 0.3) is 33.9 Å². The van der Waals surface area contributed by atoms with Crippen molar-refractivity contribution in [2.24, 2.45) is 0 Å². The number of rotatable bonds is 8. The summed E-state index contributed by atoms with van der Waals surface area (Å²) < 4.78 is 67.4. The number of hydrogen-bond acceptors (Lipinski definition) is 8. The highest BCUT2D eigenvalue weighted by atomic mass is 19.4. The fourth-order valence-electron chi connectivity index (χ4n) is 4.60. The molecule has 6 rings (SSSR count). The quantitative estimate of drug-likeness (QED) is 0.240. The Morgan fingerprint density at radius 3 is 2.56 bits per heavy atom. The van der Waals surface area contributed by atoms with Gasteiger partial charge in [-0.25, -0.2) is 29.3 Å². The third kappa shape index (κ3) is 5.05. The maximum absolute atomic E-state index is 15.1. The lowest BCUT2D eigenvalue weighted by molar-refractivity contribution is -0.140. The van der Waals surface area contributed by atoms with Crippen LogP contribution < -0.4 is 9.47 Å². The molecule has 5 aromatic heterocycles. The number of ether oxygens (including phenoxy) is 2. The second-order valence-electron chi connectivity index (χ2n) is 9.68. The number of fused-ring (bicyclic) bond motifs is 1. The summed E-state index contributed by atoms with van der Waals surface area (Å²) in [6.07, 6.45) is 0.949. The van der Waals surface area contributed by atoms with Gasteiger partial charge in [0.15, 0.2) is 23.2 Å². The van der Waals surface area contributed by atoms with Crippen molar-refractivity contribution in [3.8, 4) is 34.7 Å². The maximum atomic E-state index is 15.1. The van der Waals surface area contributed by atoms with Gasteiger partial charge in [-0.3, -0.25) is 0 Å². The Labute approximate surface area is 230 Å². The molecule has 10 nitrogen and oxygen atoms in total. The van der Waals surface area contributed by atoms with E-state index in [9.17, 15) is 13.2 Å². The standard InChI is InChI=1S/C27H24F4N8O2/c1-4-39-10-18(27(29,30)31)37-24(39)21-16(28)8-14(9-32-21)11-41-26-22-17(7-13(2)35-22)36-23(38-26)19-20(15-5-6-15)33-12-34-25(19)40-3/h7-10,12,15,35H,4-6,11H2,1-3H3. The van der Waals surface area contributed by atoms with Gasteiger partial charge in [0.2, 0.25) is 11.8 Å². The van der Waals surface area contributed by atoms with Gasteiger partial charge < -0.3 is 19.0 Å². The van der Waals surface area contributed by atoms with Gasteiger partial charge in [-0.05, 0) is 38.8 Å². The van der Waals surface area contributed by atoms with Crippen molar-refractivity contribution in [3.63, 3.8) is 0 Å². The second kappa shape index (κ2) is 10.1. The van der Waals surface area contributed by atoms with Crippen molar-refractivity contribution in [3.05, 3.63) is 59.3 Å². The van der Waals surface area contributed by atoms with E-state index >= 15 is 4.39 Å². The molecule has 1 fully saturated rings. The van der Waals surface area contributed by atoms with Gasteiger partial charge in [0.1, 0.15) is 29.7 Å². The Morgan fingerprint density at radius 1 is 1.07 bits per heavy atom. The number of H-pyrrole nitrogens is 1. The van der Waals surface area contributed by atoms with E-state index in [0.717, 1.165) is 36.5 Å². The van der Waals surface area contributed by atoms with Crippen molar-refractivity contribution in [1.29, 1.82) is 0 Å². The Kier molecular flexibility index (Phi) is 6.54. The molecule has 0 atom stereocenters. The molecule has 0 radical (unpaired) electrons. The monoisotopic (exact) mass is 568 g/mol. The van der Waals surface area contributed by atoms with Gasteiger partial charge in [-0.15, -0.1) is 0 Å². The number of methoxy groups -OCH3 is 1. The molecule has 0 aromatic carbocycles. The zero-order valence-electron chi connectivity index (χ0n) is 22.3. The van der Waals surface area contributed by atoms with Crippen LogP contribution in [-0.2, 0) is 19.3 Å². The van der Waals surface area contributed by atoms with Crippen LogP contribution in [0.15, 0.2) is 30.9 Å². The van der Waals surface area contributed by atoms with Crippen molar-refractivity contribution in [2.45, 2.75) is 51.9 Å². The van der Waals surface area contributed by atoms with E-state index in [4.69, 9.17) is 14.5 Å². The average molecular weight is 569 g/mol. The second-order valence-corrected chi connectivity index (χ2v) is 9.68. The van der Waals surface area contributed by atoms with Crippen LogP contribution in [0, 0.1) is 12.7 Å². The number of aromatic amines is 1. The van der Waals surface area contributed by atoms with Crippen LogP contribution >= 0.6 is 0 Å². The van der Waals surface area contributed by atoms with Crippen molar-refractivity contribution < 1.29 is 27.0 Å². The molecule has 0 aliphatic heterocycles. The van der Waals surface area contributed by atoms with E-state index in [1.807, 2.05) is 13.0 Å². The fourth-order valence-corrected chi connectivity index (χ4v) is 4.60. The summed E-state index contributed by atoms with van der Waals surface area (Å²) in [5.41, 5.74) is 2.30. The van der Waals surface area contributed by atoms with Crippen molar-refractivity contribution in [2.75, 3.05) is 7.11 Å². The molecule has 1 saturated carbocycles. The van der Waals surface area contributed by atoms with Gasteiger partial charge in [-0.2, -0.15) is 18.2 Å². The highest BCUT2D eigenvalue weighted by molar-refractivity contribution is 5.83. The van der Waals surface area contributed by atoms with E-state index in [2.05, 4.69) is 29.9 Å². The van der Waals surface area contributed by atoms with E-state index < -0.39 is 17.7 Å². The number of pyridine rings is 1. The van der Waals surface area contributed by atoms with Crippen LogP contribution in [0.5, 0.6) is 11.8 Å². The summed E-state index contributed by atoms with van der Waals surface area (Å²) in [5, 5.41) is 0. The number of aryl methyl sites for hydroxylation is 2. The fraction of sp³-hybridized carbons (Fsp3) is 0.333. The third-order valence-corrected chi connectivity index (χ3v) is 6.69. The lowest BCUT2D eigenvalue weighted by Crippen LogP contribution is -2.06. The first-order valence-electron chi connectivity index (χ1n) is 12.8. The normalized spacial score (nSPS) is 13.6. The molecule has 0 amide bonds. The summed E-state index contributed by atoms with van der Waals surface area (Å²) >= 11 is 0. The lowest BCUT2D eigenvalue weighted by Gasteiger charge is -2.13. The Morgan fingerprint density at radius 2 is 1.88 bits per heavy atom. The van der Waals surface area contributed by atoms with Crippen molar-refractivity contribution >= 4 is 11.0 Å². The molecular weight excluding hydrogens is 544 g/mol. The predicted octanol–water partition coefficient (Wildman–Crippen LogP) is 5.62. The summed E-state index contributed by atoms with van der Waals surface area (Å²) in [5.74, 6) is 0.120.